The van der Waals surface area contributed by atoms with Crippen molar-refractivity contribution in [2.75, 3.05) is 25.4 Å². The minimum absolute atomic E-state index is 0.780. The van der Waals surface area contributed by atoms with Gasteiger partial charge < -0.3 is 10.6 Å². The van der Waals surface area contributed by atoms with Crippen molar-refractivity contribution in [1.29, 1.82) is 0 Å². The molecule has 0 aromatic heterocycles. The number of nitrogens with one attached hydrogen (secondary N) is 2. The van der Waals surface area contributed by atoms with Crippen molar-refractivity contribution in [2.45, 2.75) is 49.8 Å². The third kappa shape index (κ3) is 4.33. The van der Waals surface area contributed by atoms with E-state index in [9.17, 15) is 0 Å². The summed E-state index contributed by atoms with van der Waals surface area (Å²) in [4.78, 5) is 0. The number of hydrogen-bond donors (Lipinski definition) is 2. The molecular weight excluding hydrogens is 204 g/mol. The van der Waals surface area contributed by atoms with E-state index in [4.69, 9.17) is 0 Å². The summed E-state index contributed by atoms with van der Waals surface area (Å²) in [6.45, 7) is 3.67. The Kier molecular flexibility index (Phi) is 5.30. The number of thioether (sulfide) groups is 1. The normalized spacial score (nSPS) is 33.6. The van der Waals surface area contributed by atoms with E-state index in [1.807, 2.05) is 0 Å². The molecule has 0 spiro atoms. The largest absolute Gasteiger partial charge is 0.317 e. The van der Waals surface area contributed by atoms with E-state index in [-0.39, 0.29) is 0 Å². The molecule has 0 aromatic rings. The second-order valence-electron chi connectivity index (χ2n) is 4.77. The molecule has 2 unspecified atom stereocenters. The molecule has 2 aliphatic heterocycles. The zero-order valence-corrected chi connectivity index (χ0v) is 10.5. The first-order valence-electron chi connectivity index (χ1n) is 6.51. The minimum Gasteiger partial charge on any atom is -0.317 e. The van der Waals surface area contributed by atoms with Crippen molar-refractivity contribution in [1.82, 2.24) is 10.6 Å². The van der Waals surface area contributed by atoms with Gasteiger partial charge in [0, 0.05) is 17.8 Å². The van der Waals surface area contributed by atoms with Crippen molar-refractivity contribution < 1.29 is 0 Å². The van der Waals surface area contributed by atoms with Crippen LogP contribution in [0.3, 0.4) is 0 Å². The fourth-order valence-electron chi connectivity index (χ4n) is 2.49. The fourth-order valence-corrected chi connectivity index (χ4v) is 3.74. The lowest BCUT2D eigenvalue weighted by atomic mass is 10.1. The van der Waals surface area contributed by atoms with Gasteiger partial charge in [-0.05, 0) is 50.9 Å². The van der Waals surface area contributed by atoms with E-state index in [2.05, 4.69) is 22.4 Å². The molecule has 2 heterocycles. The van der Waals surface area contributed by atoms with Crippen LogP contribution in [0, 0.1) is 0 Å². The average molecular weight is 228 g/mol. The molecular formula is C12H24N2S. The summed E-state index contributed by atoms with van der Waals surface area (Å²) in [5.41, 5.74) is 0. The lowest BCUT2D eigenvalue weighted by Crippen LogP contribution is -2.35. The third-order valence-electron chi connectivity index (χ3n) is 3.48. The molecule has 0 amide bonds. The molecule has 2 fully saturated rings. The monoisotopic (exact) mass is 228 g/mol. The first kappa shape index (κ1) is 11.7. The highest BCUT2D eigenvalue weighted by molar-refractivity contribution is 7.99. The maximum Gasteiger partial charge on any atom is 0.0172 e. The van der Waals surface area contributed by atoms with E-state index in [1.165, 1.54) is 63.9 Å². The fraction of sp³-hybridized carbons (Fsp3) is 1.00. The zero-order valence-electron chi connectivity index (χ0n) is 9.63. The van der Waals surface area contributed by atoms with Gasteiger partial charge in [0.15, 0.2) is 0 Å². The second kappa shape index (κ2) is 6.77. The molecule has 0 saturated carbocycles. The molecule has 2 aliphatic rings. The van der Waals surface area contributed by atoms with Crippen LogP contribution in [-0.2, 0) is 0 Å². The predicted octanol–water partition coefficient (Wildman–Crippen LogP) is 2.00. The Morgan fingerprint density at radius 1 is 1.07 bits per heavy atom. The van der Waals surface area contributed by atoms with E-state index < -0.39 is 0 Å². The highest BCUT2D eigenvalue weighted by Crippen LogP contribution is 2.24. The lowest BCUT2D eigenvalue weighted by Gasteiger charge is -2.24. The van der Waals surface area contributed by atoms with E-state index in [0.29, 0.717) is 0 Å². The van der Waals surface area contributed by atoms with Gasteiger partial charge in [0.1, 0.15) is 0 Å². The van der Waals surface area contributed by atoms with Crippen molar-refractivity contribution in [3.8, 4) is 0 Å². The van der Waals surface area contributed by atoms with Crippen molar-refractivity contribution >= 4 is 11.8 Å². The van der Waals surface area contributed by atoms with Crippen molar-refractivity contribution in [3.05, 3.63) is 0 Å². The molecule has 0 radical (unpaired) electrons. The minimum atomic E-state index is 0.780. The smallest absolute Gasteiger partial charge is 0.0172 e. The van der Waals surface area contributed by atoms with Gasteiger partial charge >= 0.3 is 0 Å². The third-order valence-corrected chi connectivity index (χ3v) is 4.88. The summed E-state index contributed by atoms with van der Waals surface area (Å²) in [5, 5.41) is 8.14. The standard InChI is InChI=1S/C12H24N2S/c1-2-9-15-12(5-1)10-14-11-4-3-7-13-8-6-11/h11-14H,1-10H2. The maximum absolute atomic E-state index is 3.77. The summed E-state index contributed by atoms with van der Waals surface area (Å²) in [5.74, 6) is 1.39. The Hall–Kier alpha value is 0.270. The van der Waals surface area contributed by atoms with Gasteiger partial charge in [-0.25, -0.2) is 0 Å². The molecule has 88 valence electrons. The molecule has 2 N–H and O–H groups in total. The summed E-state index contributed by atoms with van der Waals surface area (Å²) >= 11 is 2.18. The average Bonchev–Trinajstić information content (AvgIpc) is 2.56. The Morgan fingerprint density at radius 3 is 2.93 bits per heavy atom. The summed E-state index contributed by atoms with van der Waals surface area (Å²) in [6, 6.07) is 0.780. The lowest BCUT2D eigenvalue weighted by molar-refractivity contribution is 0.459. The van der Waals surface area contributed by atoms with E-state index >= 15 is 0 Å². The first-order chi connectivity index (χ1) is 7.45. The van der Waals surface area contributed by atoms with Crippen LogP contribution < -0.4 is 10.6 Å². The quantitative estimate of drug-likeness (QED) is 0.772. The zero-order chi connectivity index (χ0) is 10.3. The Morgan fingerprint density at radius 2 is 2.07 bits per heavy atom. The van der Waals surface area contributed by atoms with Gasteiger partial charge in [-0.15, -0.1) is 0 Å². The van der Waals surface area contributed by atoms with Crippen LogP contribution in [0.5, 0.6) is 0 Å². The van der Waals surface area contributed by atoms with E-state index in [0.717, 1.165) is 11.3 Å². The Balaban J connectivity index is 1.62. The maximum atomic E-state index is 3.77. The number of rotatable bonds is 3. The van der Waals surface area contributed by atoms with Gasteiger partial charge in [-0.1, -0.05) is 6.42 Å². The van der Waals surface area contributed by atoms with Gasteiger partial charge in [0.05, 0.1) is 0 Å². The molecule has 0 bridgehead atoms. The van der Waals surface area contributed by atoms with Crippen molar-refractivity contribution in [3.63, 3.8) is 0 Å². The van der Waals surface area contributed by atoms with Gasteiger partial charge in [0.25, 0.3) is 0 Å². The summed E-state index contributed by atoms with van der Waals surface area (Å²) < 4.78 is 0. The van der Waals surface area contributed by atoms with Crippen LogP contribution >= 0.6 is 11.8 Å². The molecule has 2 rings (SSSR count). The Bertz CT molecular complexity index is 161. The Labute approximate surface area is 98.0 Å². The van der Waals surface area contributed by atoms with Gasteiger partial charge in [0.2, 0.25) is 0 Å². The topological polar surface area (TPSA) is 24.1 Å². The van der Waals surface area contributed by atoms with Crippen LogP contribution in [0.15, 0.2) is 0 Å². The second-order valence-corrected chi connectivity index (χ2v) is 6.18. The van der Waals surface area contributed by atoms with Crippen LogP contribution in [0.25, 0.3) is 0 Å². The molecule has 0 aromatic carbocycles. The van der Waals surface area contributed by atoms with Crippen LogP contribution in [0.2, 0.25) is 0 Å². The van der Waals surface area contributed by atoms with Crippen LogP contribution in [0.4, 0.5) is 0 Å². The molecule has 2 saturated heterocycles. The van der Waals surface area contributed by atoms with Crippen LogP contribution in [0.1, 0.15) is 38.5 Å². The summed E-state index contributed by atoms with van der Waals surface area (Å²) in [6.07, 6.45) is 8.35. The van der Waals surface area contributed by atoms with E-state index in [1.54, 1.807) is 0 Å². The highest BCUT2D eigenvalue weighted by Gasteiger charge is 2.16. The van der Waals surface area contributed by atoms with Crippen LogP contribution in [-0.4, -0.2) is 36.7 Å². The molecule has 0 aliphatic carbocycles. The van der Waals surface area contributed by atoms with Gasteiger partial charge in [-0.2, -0.15) is 11.8 Å². The predicted molar refractivity (Wildman–Crippen MR) is 68.6 cm³/mol. The van der Waals surface area contributed by atoms with Crippen molar-refractivity contribution in [2.24, 2.45) is 0 Å². The molecule has 3 heteroatoms. The molecule has 2 nitrogen and oxygen atoms in total. The molecule has 15 heavy (non-hydrogen) atoms. The number of hydrogen-bond acceptors (Lipinski definition) is 3. The molecule has 2 atom stereocenters. The van der Waals surface area contributed by atoms with Gasteiger partial charge in [-0.3, -0.25) is 0 Å². The summed E-state index contributed by atoms with van der Waals surface area (Å²) in [7, 11) is 0. The highest BCUT2D eigenvalue weighted by atomic mass is 32.2. The first-order valence-corrected chi connectivity index (χ1v) is 7.56. The SMILES string of the molecule is C1CCC(CNC2CCCNCC2)SC1.